The Labute approximate surface area is 146 Å². The first-order chi connectivity index (χ1) is 11.4. The normalized spacial score (nSPS) is 10.8. The van der Waals surface area contributed by atoms with Gasteiger partial charge in [0, 0.05) is 4.88 Å². The van der Waals surface area contributed by atoms with Crippen molar-refractivity contribution in [2.75, 3.05) is 0 Å². The molecular formula is C21H20O2S. The molecule has 0 fully saturated rings. The SMILES string of the molecule is Cc1cc(C(=O)O)cc(C)c1-c1cc(C)c(-c2cccs2)c(C)c1. The first kappa shape index (κ1) is 16.5. The monoisotopic (exact) mass is 336 g/mol. The summed E-state index contributed by atoms with van der Waals surface area (Å²) in [5, 5.41) is 11.3. The van der Waals surface area contributed by atoms with E-state index >= 15 is 0 Å². The Balaban J connectivity index is 2.17. The Bertz CT molecular complexity index is 875. The van der Waals surface area contributed by atoms with Crippen LogP contribution in [0.1, 0.15) is 32.6 Å². The van der Waals surface area contributed by atoms with Crippen LogP contribution < -0.4 is 0 Å². The highest BCUT2D eigenvalue weighted by atomic mass is 32.1. The van der Waals surface area contributed by atoms with Gasteiger partial charge in [-0.05, 0) is 90.2 Å². The largest absolute Gasteiger partial charge is 0.478 e. The van der Waals surface area contributed by atoms with Crippen molar-refractivity contribution in [3.05, 3.63) is 69.6 Å². The number of aromatic carboxylic acids is 1. The van der Waals surface area contributed by atoms with Gasteiger partial charge in [0.1, 0.15) is 0 Å². The van der Waals surface area contributed by atoms with E-state index in [2.05, 4.69) is 43.5 Å². The van der Waals surface area contributed by atoms with Crippen LogP contribution in [-0.2, 0) is 0 Å². The number of carbonyl (C=O) groups is 1. The molecule has 0 bridgehead atoms. The standard InChI is InChI=1S/C21H20O2S/c1-12-10-17(21(22)23)11-13(2)19(12)16-8-14(3)20(15(4)9-16)18-6-5-7-24-18/h5-11H,1-4H3,(H,22,23). The molecule has 24 heavy (non-hydrogen) atoms. The van der Waals surface area contributed by atoms with Crippen LogP contribution in [0.5, 0.6) is 0 Å². The van der Waals surface area contributed by atoms with E-state index in [-0.39, 0.29) is 0 Å². The molecule has 122 valence electrons. The van der Waals surface area contributed by atoms with Gasteiger partial charge >= 0.3 is 5.97 Å². The van der Waals surface area contributed by atoms with Crippen molar-refractivity contribution in [3.63, 3.8) is 0 Å². The van der Waals surface area contributed by atoms with Crippen LogP contribution >= 0.6 is 11.3 Å². The molecule has 2 aromatic carbocycles. The highest BCUT2D eigenvalue weighted by Crippen LogP contribution is 2.36. The fourth-order valence-electron chi connectivity index (χ4n) is 3.46. The van der Waals surface area contributed by atoms with Crippen molar-refractivity contribution in [1.82, 2.24) is 0 Å². The Morgan fingerprint density at radius 1 is 0.875 bits per heavy atom. The van der Waals surface area contributed by atoms with Crippen LogP contribution in [0.25, 0.3) is 21.6 Å². The molecule has 0 spiro atoms. The van der Waals surface area contributed by atoms with Gasteiger partial charge in [0.15, 0.2) is 0 Å². The van der Waals surface area contributed by atoms with Gasteiger partial charge in [-0.1, -0.05) is 18.2 Å². The molecule has 0 aliphatic carbocycles. The summed E-state index contributed by atoms with van der Waals surface area (Å²) in [6.07, 6.45) is 0. The average Bonchev–Trinajstić information content (AvgIpc) is 2.99. The van der Waals surface area contributed by atoms with E-state index in [9.17, 15) is 9.90 Å². The summed E-state index contributed by atoms with van der Waals surface area (Å²) < 4.78 is 0. The van der Waals surface area contributed by atoms with Crippen LogP contribution in [0, 0.1) is 27.7 Å². The fourth-order valence-corrected chi connectivity index (χ4v) is 4.36. The zero-order valence-electron chi connectivity index (χ0n) is 14.3. The topological polar surface area (TPSA) is 37.3 Å². The van der Waals surface area contributed by atoms with Gasteiger partial charge in [-0.15, -0.1) is 11.3 Å². The zero-order chi connectivity index (χ0) is 17.4. The van der Waals surface area contributed by atoms with Gasteiger partial charge in [0.05, 0.1) is 5.56 Å². The van der Waals surface area contributed by atoms with Crippen LogP contribution in [-0.4, -0.2) is 11.1 Å². The summed E-state index contributed by atoms with van der Waals surface area (Å²) in [4.78, 5) is 12.5. The number of rotatable bonds is 3. The first-order valence-corrected chi connectivity index (χ1v) is 8.76. The predicted octanol–water partition coefficient (Wildman–Crippen LogP) is 6.01. The second kappa shape index (κ2) is 6.25. The number of hydrogen-bond donors (Lipinski definition) is 1. The molecule has 0 radical (unpaired) electrons. The maximum atomic E-state index is 11.2. The molecule has 0 aliphatic rings. The van der Waals surface area contributed by atoms with Crippen LogP contribution in [0.3, 0.4) is 0 Å². The molecule has 0 unspecified atom stereocenters. The molecule has 0 amide bonds. The van der Waals surface area contributed by atoms with E-state index in [0.29, 0.717) is 5.56 Å². The predicted molar refractivity (Wildman–Crippen MR) is 101 cm³/mol. The molecule has 0 saturated heterocycles. The lowest BCUT2D eigenvalue weighted by atomic mass is 9.89. The van der Waals surface area contributed by atoms with Gasteiger partial charge in [-0.2, -0.15) is 0 Å². The molecular weight excluding hydrogens is 316 g/mol. The number of aryl methyl sites for hydroxylation is 4. The van der Waals surface area contributed by atoms with Crippen molar-refractivity contribution in [1.29, 1.82) is 0 Å². The minimum atomic E-state index is -0.881. The van der Waals surface area contributed by atoms with Crippen molar-refractivity contribution < 1.29 is 9.90 Å². The third kappa shape index (κ3) is 2.87. The number of carboxylic acids is 1. The number of carboxylic acid groups (broad SMARTS) is 1. The molecule has 3 heteroatoms. The van der Waals surface area contributed by atoms with Crippen LogP contribution in [0.4, 0.5) is 0 Å². The maximum Gasteiger partial charge on any atom is 0.335 e. The number of benzene rings is 2. The van der Waals surface area contributed by atoms with Crippen LogP contribution in [0.15, 0.2) is 41.8 Å². The van der Waals surface area contributed by atoms with E-state index in [0.717, 1.165) is 22.3 Å². The Hall–Kier alpha value is -2.39. The summed E-state index contributed by atoms with van der Waals surface area (Å²) in [6, 6.07) is 12.1. The van der Waals surface area contributed by atoms with Gasteiger partial charge in [0.2, 0.25) is 0 Å². The lowest BCUT2D eigenvalue weighted by Gasteiger charge is -2.16. The lowest BCUT2D eigenvalue weighted by Crippen LogP contribution is -2.00. The lowest BCUT2D eigenvalue weighted by molar-refractivity contribution is 0.0696. The van der Waals surface area contributed by atoms with Crippen LogP contribution in [0.2, 0.25) is 0 Å². The van der Waals surface area contributed by atoms with Gasteiger partial charge in [-0.3, -0.25) is 0 Å². The Morgan fingerprint density at radius 3 is 1.88 bits per heavy atom. The molecule has 0 atom stereocenters. The molecule has 2 nitrogen and oxygen atoms in total. The molecule has 3 rings (SSSR count). The van der Waals surface area contributed by atoms with E-state index in [1.807, 2.05) is 13.8 Å². The smallest absolute Gasteiger partial charge is 0.335 e. The van der Waals surface area contributed by atoms with E-state index in [1.165, 1.54) is 21.6 Å². The van der Waals surface area contributed by atoms with Crippen molar-refractivity contribution in [3.8, 4) is 21.6 Å². The minimum absolute atomic E-state index is 0.345. The summed E-state index contributed by atoms with van der Waals surface area (Å²) in [6.45, 7) is 8.24. The average molecular weight is 336 g/mol. The van der Waals surface area contributed by atoms with Gasteiger partial charge in [0.25, 0.3) is 0 Å². The first-order valence-electron chi connectivity index (χ1n) is 7.88. The summed E-state index contributed by atoms with van der Waals surface area (Å²) in [7, 11) is 0. The molecule has 1 N–H and O–H groups in total. The van der Waals surface area contributed by atoms with E-state index in [1.54, 1.807) is 23.5 Å². The molecule has 1 heterocycles. The Morgan fingerprint density at radius 2 is 1.42 bits per heavy atom. The van der Waals surface area contributed by atoms with Gasteiger partial charge < -0.3 is 5.11 Å². The highest BCUT2D eigenvalue weighted by Gasteiger charge is 2.14. The summed E-state index contributed by atoms with van der Waals surface area (Å²) in [5.41, 5.74) is 8.40. The molecule has 0 aliphatic heterocycles. The van der Waals surface area contributed by atoms with Crippen molar-refractivity contribution >= 4 is 17.3 Å². The summed E-state index contributed by atoms with van der Waals surface area (Å²) >= 11 is 1.75. The number of thiophene rings is 1. The fraction of sp³-hybridized carbons (Fsp3) is 0.190. The molecule has 0 saturated carbocycles. The van der Waals surface area contributed by atoms with Crippen molar-refractivity contribution in [2.45, 2.75) is 27.7 Å². The Kier molecular flexibility index (Phi) is 4.29. The van der Waals surface area contributed by atoms with E-state index < -0.39 is 5.97 Å². The summed E-state index contributed by atoms with van der Waals surface area (Å²) in [5.74, 6) is -0.881. The third-order valence-electron chi connectivity index (χ3n) is 4.37. The molecule has 3 aromatic rings. The quantitative estimate of drug-likeness (QED) is 0.635. The van der Waals surface area contributed by atoms with E-state index in [4.69, 9.17) is 0 Å². The zero-order valence-corrected chi connectivity index (χ0v) is 15.1. The van der Waals surface area contributed by atoms with Crippen molar-refractivity contribution in [2.24, 2.45) is 0 Å². The number of hydrogen-bond acceptors (Lipinski definition) is 2. The maximum absolute atomic E-state index is 11.2. The third-order valence-corrected chi connectivity index (χ3v) is 5.26. The minimum Gasteiger partial charge on any atom is -0.478 e. The second-order valence-electron chi connectivity index (χ2n) is 6.25. The second-order valence-corrected chi connectivity index (χ2v) is 7.20. The molecule has 1 aromatic heterocycles. The highest BCUT2D eigenvalue weighted by molar-refractivity contribution is 7.13. The van der Waals surface area contributed by atoms with Gasteiger partial charge in [-0.25, -0.2) is 4.79 Å².